The number of nitrogens with one attached hydrogen (secondary N) is 2. The van der Waals surface area contributed by atoms with E-state index in [0.717, 1.165) is 6.07 Å². The number of rotatable bonds is 6. The van der Waals surface area contributed by atoms with E-state index in [0.29, 0.717) is 4.88 Å². The smallest absolute Gasteiger partial charge is 0.340 e. The first-order valence-electron chi connectivity index (χ1n) is 8.96. The minimum Gasteiger partial charge on any atom is -0.452 e. The van der Waals surface area contributed by atoms with Crippen LogP contribution in [0.1, 0.15) is 20.0 Å². The monoisotopic (exact) mass is 487 g/mol. The highest BCUT2D eigenvalue weighted by atomic mass is 35.5. The first-order chi connectivity index (χ1) is 14.8. The number of halogens is 1. The van der Waals surface area contributed by atoms with Gasteiger partial charge in [0.1, 0.15) is 0 Å². The normalized spacial score (nSPS) is 14.6. The number of thiophene rings is 1. The highest BCUT2D eigenvalue weighted by Gasteiger charge is 2.28. The minimum atomic E-state index is -3.84. The van der Waals surface area contributed by atoms with Gasteiger partial charge in [0.05, 0.1) is 33.6 Å². The van der Waals surface area contributed by atoms with Gasteiger partial charge in [0.2, 0.25) is 10.0 Å². The second-order valence-corrected chi connectivity index (χ2v) is 9.51. The summed E-state index contributed by atoms with van der Waals surface area (Å²) in [5, 5.41) is 1.67. The van der Waals surface area contributed by atoms with Gasteiger partial charge in [-0.15, -0.1) is 11.3 Å². The van der Waals surface area contributed by atoms with Crippen molar-refractivity contribution in [1.29, 1.82) is 0 Å². The van der Waals surface area contributed by atoms with Crippen LogP contribution in [-0.4, -0.2) is 63.4 Å². The zero-order valence-electron chi connectivity index (χ0n) is 16.0. The SMILES string of the molecule is O=C(COC(=O)c1cc(S(=O)(=O)N2CCOCC2)ccc1Cl)NNC(=O)c1cccs1. The average Bonchev–Trinajstić information content (AvgIpc) is 3.31. The molecule has 0 radical (unpaired) electrons. The predicted molar refractivity (Wildman–Crippen MR) is 111 cm³/mol. The van der Waals surface area contributed by atoms with E-state index in [1.165, 1.54) is 27.8 Å². The number of nitrogens with zero attached hydrogens (tertiary/aromatic N) is 1. The van der Waals surface area contributed by atoms with Crippen molar-refractivity contribution in [2.24, 2.45) is 0 Å². The topological polar surface area (TPSA) is 131 Å². The molecule has 2 N–H and O–H groups in total. The largest absolute Gasteiger partial charge is 0.452 e. The molecule has 0 saturated carbocycles. The van der Waals surface area contributed by atoms with Crippen molar-refractivity contribution >= 4 is 50.7 Å². The van der Waals surface area contributed by atoms with Gasteiger partial charge in [0, 0.05) is 13.1 Å². The van der Waals surface area contributed by atoms with Crippen molar-refractivity contribution in [2.45, 2.75) is 4.90 Å². The van der Waals surface area contributed by atoms with E-state index < -0.39 is 34.4 Å². The number of hydrogen-bond acceptors (Lipinski definition) is 8. The number of hydrazine groups is 1. The Kier molecular flexibility index (Phi) is 7.62. The molecule has 1 aromatic heterocycles. The van der Waals surface area contributed by atoms with Gasteiger partial charge >= 0.3 is 5.97 Å². The summed E-state index contributed by atoms with van der Waals surface area (Å²) in [5.74, 6) is -2.28. The third-order valence-electron chi connectivity index (χ3n) is 4.16. The quantitative estimate of drug-likeness (QED) is 0.459. The fourth-order valence-electron chi connectivity index (χ4n) is 2.60. The van der Waals surface area contributed by atoms with E-state index in [1.807, 2.05) is 0 Å². The molecule has 2 amide bonds. The summed E-state index contributed by atoms with van der Waals surface area (Å²) in [7, 11) is -3.84. The summed E-state index contributed by atoms with van der Waals surface area (Å²) in [6.07, 6.45) is 0. The lowest BCUT2D eigenvalue weighted by Gasteiger charge is -2.26. The van der Waals surface area contributed by atoms with E-state index in [9.17, 15) is 22.8 Å². The molecule has 1 fully saturated rings. The molecule has 0 spiro atoms. The predicted octanol–water partition coefficient (Wildman–Crippen LogP) is 1.04. The average molecular weight is 488 g/mol. The van der Waals surface area contributed by atoms with Crippen LogP contribution in [0, 0.1) is 0 Å². The molecule has 2 heterocycles. The van der Waals surface area contributed by atoms with Gasteiger partial charge in [-0.05, 0) is 29.6 Å². The van der Waals surface area contributed by atoms with Gasteiger partial charge in [-0.1, -0.05) is 17.7 Å². The van der Waals surface area contributed by atoms with E-state index in [4.69, 9.17) is 21.1 Å². The van der Waals surface area contributed by atoms with Crippen LogP contribution in [0.5, 0.6) is 0 Å². The fraction of sp³-hybridized carbons (Fsp3) is 0.278. The molecule has 0 unspecified atom stereocenters. The van der Waals surface area contributed by atoms with Crippen LogP contribution in [0.4, 0.5) is 0 Å². The van der Waals surface area contributed by atoms with Crippen molar-refractivity contribution in [2.75, 3.05) is 32.9 Å². The molecular formula is C18H18ClN3O7S2. The van der Waals surface area contributed by atoms with E-state index in [2.05, 4.69) is 10.9 Å². The van der Waals surface area contributed by atoms with Gasteiger partial charge in [0.15, 0.2) is 6.61 Å². The zero-order valence-corrected chi connectivity index (χ0v) is 18.4. The molecule has 3 rings (SSSR count). The highest BCUT2D eigenvalue weighted by Crippen LogP contribution is 2.24. The van der Waals surface area contributed by atoms with Crippen LogP contribution in [0.3, 0.4) is 0 Å². The van der Waals surface area contributed by atoms with E-state index >= 15 is 0 Å². The zero-order chi connectivity index (χ0) is 22.4. The molecule has 0 atom stereocenters. The standard InChI is InChI=1S/C18H18ClN3O7S2/c19-14-4-3-12(31(26,27)22-5-7-28-8-6-22)10-13(14)18(25)29-11-16(23)20-21-17(24)15-2-1-9-30-15/h1-4,9-10H,5-8,11H2,(H,20,23)(H,21,24). The number of hydrogen-bond donors (Lipinski definition) is 2. The maximum atomic E-state index is 12.8. The van der Waals surface area contributed by atoms with Crippen molar-refractivity contribution in [3.8, 4) is 0 Å². The molecular weight excluding hydrogens is 470 g/mol. The van der Waals surface area contributed by atoms with Gasteiger partial charge in [-0.3, -0.25) is 20.4 Å². The van der Waals surface area contributed by atoms with Gasteiger partial charge in [-0.2, -0.15) is 4.31 Å². The second kappa shape index (κ2) is 10.2. The number of morpholine rings is 1. The van der Waals surface area contributed by atoms with Crippen molar-refractivity contribution in [3.05, 3.63) is 51.2 Å². The first-order valence-corrected chi connectivity index (χ1v) is 11.7. The van der Waals surface area contributed by atoms with Crippen LogP contribution >= 0.6 is 22.9 Å². The second-order valence-electron chi connectivity index (χ2n) is 6.21. The third kappa shape index (κ3) is 5.80. The Morgan fingerprint density at radius 2 is 1.90 bits per heavy atom. The lowest BCUT2D eigenvalue weighted by atomic mass is 10.2. The van der Waals surface area contributed by atoms with Crippen molar-refractivity contribution < 1.29 is 32.3 Å². The summed E-state index contributed by atoms with van der Waals surface area (Å²) in [5.41, 5.74) is 4.10. The van der Waals surface area contributed by atoms with Crippen LogP contribution in [0.15, 0.2) is 40.6 Å². The molecule has 31 heavy (non-hydrogen) atoms. The third-order valence-corrected chi connectivity index (χ3v) is 7.25. The Morgan fingerprint density at radius 3 is 2.58 bits per heavy atom. The molecule has 2 aromatic rings. The molecule has 166 valence electrons. The highest BCUT2D eigenvalue weighted by molar-refractivity contribution is 7.89. The maximum absolute atomic E-state index is 12.8. The summed E-state index contributed by atoms with van der Waals surface area (Å²) in [6, 6.07) is 6.92. The summed E-state index contributed by atoms with van der Waals surface area (Å²) < 4.78 is 36.8. The van der Waals surface area contributed by atoms with Crippen LogP contribution < -0.4 is 10.9 Å². The Balaban J connectivity index is 1.60. The number of ether oxygens (including phenoxy) is 2. The number of carbonyl (C=O) groups excluding carboxylic acids is 3. The number of sulfonamides is 1. The van der Waals surface area contributed by atoms with E-state index in [1.54, 1.807) is 17.5 Å². The summed E-state index contributed by atoms with van der Waals surface area (Å²) in [4.78, 5) is 36.2. The molecule has 1 aliphatic rings. The van der Waals surface area contributed by atoms with Crippen LogP contribution in [-0.2, 0) is 24.3 Å². The van der Waals surface area contributed by atoms with Crippen LogP contribution in [0.2, 0.25) is 5.02 Å². The van der Waals surface area contributed by atoms with Gasteiger partial charge in [-0.25, -0.2) is 13.2 Å². The Hall–Kier alpha value is -2.51. The summed E-state index contributed by atoms with van der Waals surface area (Å²) >= 11 is 7.21. The lowest BCUT2D eigenvalue weighted by molar-refractivity contribution is -0.125. The van der Waals surface area contributed by atoms with Crippen molar-refractivity contribution in [3.63, 3.8) is 0 Å². The van der Waals surface area contributed by atoms with Crippen molar-refractivity contribution in [1.82, 2.24) is 15.2 Å². The fourth-order valence-corrected chi connectivity index (χ4v) is 4.85. The molecule has 0 bridgehead atoms. The molecule has 1 saturated heterocycles. The van der Waals surface area contributed by atoms with E-state index in [-0.39, 0.29) is 41.8 Å². The maximum Gasteiger partial charge on any atom is 0.340 e. The molecule has 13 heteroatoms. The molecule has 1 aliphatic heterocycles. The minimum absolute atomic E-state index is 0.0302. The summed E-state index contributed by atoms with van der Waals surface area (Å²) in [6.45, 7) is 0.240. The molecule has 10 nitrogen and oxygen atoms in total. The molecule has 0 aliphatic carbocycles. The number of amides is 2. The Bertz CT molecular complexity index is 1070. The Morgan fingerprint density at radius 1 is 1.16 bits per heavy atom. The lowest BCUT2D eigenvalue weighted by Crippen LogP contribution is -2.43. The number of benzene rings is 1. The Labute approximate surface area is 187 Å². The molecule has 1 aromatic carbocycles. The first kappa shape index (κ1) is 23.2. The van der Waals surface area contributed by atoms with Gasteiger partial charge < -0.3 is 9.47 Å². The van der Waals surface area contributed by atoms with Crippen LogP contribution in [0.25, 0.3) is 0 Å². The number of esters is 1. The van der Waals surface area contributed by atoms with Gasteiger partial charge in [0.25, 0.3) is 11.8 Å². The number of carbonyl (C=O) groups is 3.